The van der Waals surface area contributed by atoms with Crippen molar-refractivity contribution in [3.05, 3.63) is 83.1 Å². The lowest BCUT2D eigenvalue weighted by atomic mass is 10.1. The second kappa shape index (κ2) is 9.07. The minimum absolute atomic E-state index is 0.0717. The molecule has 162 valence electrons. The normalized spacial score (nSPS) is 13.4. The van der Waals surface area contributed by atoms with Gasteiger partial charge in [-0.15, -0.1) is 0 Å². The van der Waals surface area contributed by atoms with Crippen LogP contribution in [0.15, 0.2) is 67.0 Å². The molecule has 4 amide bonds. The number of hydrogen-bond donors (Lipinski definition) is 1. The van der Waals surface area contributed by atoms with Crippen LogP contribution in [0.25, 0.3) is 0 Å². The number of ether oxygens (including phenoxy) is 1. The first kappa shape index (κ1) is 21.3. The number of urea groups is 1. The molecule has 0 atom stereocenters. The molecule has 1 N–H and O–H groups in total. The second-order valence-electron chi connectivity index (χ2n) is 7.06. The van der Waals surface area contributed by atoms with Crippen molar-refractivity contribution < 1.29 is 19.1 Å². The number of rotatable bonds is 6. The maximum Gasteiger partial charge on any atom is 0.332 e. The van der Waals surface area contributed by atoms with Gasteiger partial charge in [-0.3, -0.25) is 14.6 Å². The summed E-state index contributed by atoms with van der Waals surface area (Å²) < 4.78 is 5.12. The van der Waals surface area contributed by atoms with Crippen molar-refractivity contribution in [2.24, 2.45) is 0 Å². The highest BCUT2D eigenvalue weighted by atomic mass is 35.5. The van der Waals surface area contributed by atoms with Crippen molar-refractivity contribution in [1.82, 2.24) is 9.88 Å². The summed E-state index contributed by atoms with van der Waals surface area (Å²) in [4.78, 5) is 44.7. The Labute approximate surface area is 189 Å². The number of nitrogens with zero attached hydrogens (tertiary/aromatic N) is 3. The molecule has 0 radical (unpaired) electrons. The molecular formula is C23H19ClN4O4. The third-order valence-corrected chi connectivity index (χ3v) is 5.25. The first-order chi connectivity index (χ1) is 15.5. The zero-order chi connectivity index (χ0) is 22.7. The molecular weight excluding hydrogens is 432 g/mol. The molecule has 1 aliphatic heterocycles. The third kappa shape index (κ3) is 4.40. The van der Waals surface area contributed by atoms with Gasteiger partial charge >= 0.3 is 6.03 Å². The van der Waals surface area contributed by atoms with Crippen LogP contribution >= 0.6 is 11.6 Å². The largest absolute Gasteiger partial charge is 0.497 e. The van der Waals surface area contributed by atoms with Crippen molar-refractivity contribution in [2.45, 2.75) is 6.54 Å². The van der Waals surface area contributed by atoms with Crippen LogP contribution in [0, 0.1) is 0 Å². The Morgan fingerprint density at radius 1 is 1.09 bits per heavy atom. The molecule has 0 spiro atoms. The molecule has 0 bridgehead atoms. The highest BCUT2D eigenvalue weighted by molar-refractivity contribution is 6.30. The lowest BCUT2D eigenvalue weighted by molar-refractivity contribution is -0.116. The van der Waals surface area contributed by atoms with E-state index in [1.54, 1.807) is 67.9 Å². The van der Waals surface area contributed by atoms with Crippen molar-refractivity contribution in [1.29, 1.82) is 0 Å². The first-order valence-corrected chi connectivity index (χ1v) is 10.1. The summed E-state index contributed by atoms with van der Waals surface area (Å²) in [5.41, 5.74) is 2.01. The maximum atomic E-state index is 12.9. The predicted molar refractivity (Wildman–Crippen MR) is 120 cm³/mol. The number of aromatic nitrogens is 1. The van der Waals surface area contributed by atoms with Crippen molar-refractivity contribution in [3.63, 3.8) is 0 Å². The molecule has 4 rings (SSSR count). The summed E-state index contributed by atoms with van der Waals surface area (Å²) in [6.45, 7) is 0.0632. The summed E-state index contributed by atoms with van der Waals surface area (Å²) in [5, 5.41) is 3.34. The van der Waals surface area contributed by atoms with Crippen LogP contribution in [-0.2, 0) is 11.3 Å². The van der Waals surface area contributed by atoms with E-state index in [0.29, 0.717) is 33.3 Å². The zero-order valence-electron chi connectivity index (χ0n) is 17.1. The van der Waals surface area contributed by atoms with Crippen LogP contribution in [-0.4, -0.2) is 41.4 Å². The molecule has 1 saturated heterocycles. The topological polar surface area (TPSA) is 91.8 Å². The summed E-state index contributed by atoms with van der Waals surface area (Å²) in [6, 6.07) is 14.4. The van der Waals surface area contributed by atoms with Crippen LogP contribution in [0.3, 0.4) is 0 Å². The van der Waals surface area contributed by atoms with Crippen LogP contribution in [0.1, 0.15) is 15.9 Å². The van der Waals surface area contributed by atoms with E-state index < -0.39 is 6.03 Å². The molecule has 1 fully saturated rings. The average Bonchev–Trinajstić information content (AvgIpc) is 3.08. The highest BCUT2D eigenvalue weighted by Crippen LogP contribution is 2.26. The Kier molecular flexibility index (Phi) is 6.04. The van der Waals surface area contributed by atoms with Gasteiger partial charge in [0.15, 0.2) is 0 Å². The Hall–Kier alpha value is -3.91. The Bertz CT molecular complexity index is 1170. The molecule has 0 aliphatic carbocycles. The monoisotopic (exact) mass is 450 g/mol. The van der Waals surface area contributed by atoms with Gasteiger partial charge in [0.05, 0.1) is 31.2 Å². The number of hydrogen-bond acceptors (Lipinski definition) is 5. The standard InChI is InChI=1S/C23H19ClN4O4/c1-32-19-8-6-18(7-9-19)28-21(29)14-27(23(28)31)13-16-10-11-25-12-20(16)26-22(30)15-2-4-17(24)5-3-15/h2-12H,13-14H2,1H3,(H,26,30). The summed E-state index contributed by atoms with van der Waals surface area (Å²) in [6.07, 6.45) is 3.07. The average molecular weight is 451 g/mol. The minimum Gasteiger partial charge on any atom is -0.497 e. The summed E-state index contributed by atoms with van der Waals surface area (Å²) in [7, 11) is 1.54. The van der Waals surface area contributed by atoms with E-state index in [9.17, 15) is 14.4 Å². The lowest BCUT2D eigenvalue weighted by Gasteiger charge is -2.19. The van der Waals surface area contributed by atoms with Gasteiger partial charge in [0.2, 0.25) is 0 Å². The predicted octanol–water partition coefficient (Wildman–Crippen LogP) is 3.96. The fourth-order valence-electron chi connectivity index (χ4n) is 3.33. The van der Waals surface area contributed by atoms with Gasteiger partial charge in [-0.2, -0.15) is 0 Å². The Morgan fingerprint density at radius 2 is 1.81 bits per heavy atom. The molecule has 1 aromatic heterocycles. The number of halogens is 1. The van der Waals surface area contributed by atoms with Crippen molar-refractivity contribution in [2.75, 3.05) is 23.9 Å². The SMILES string of the molecule is COc1ccc(N2C(=O)CN(Cc3ccncc3NC(=O)c3ccc(Cl)cc3)C2=O)cc1. The van der Waals surface area contributed by atoms with Crippen LogP contribution in [0.5, 0.6) is 5.75 Å². The fraction of sp³-hybridized carbons (Fsp3) is 0.130. The first-order valence-electron chi connectivity index (χ1n) is 9.72. The molecule has 0 saturated carbocycles. The van der Waals surface area contributed by atoms with Gasteiger partial charge in [-0.25, -0.2) is 9.69 Å². The number of methoxy groups -OCH3 is 1. The van der Waals surface area contributed by atoms with E-state index in [4.69, 9.17) is 16.3 Å². The smallest absolute Gasteiger partial charge is 0.332 e. The van der Waals surface area contributed by atoms with E-state index in [2.05, 4.69) is 10.3 Å². The van der Waals surface area contributed by atoms with Gasteiger partial charge in [0, 0.05) is 16.8 Å². The summed E-state index contributed by atoms with van der Waals surface area (Å²) in [5.74, 6) is -0.0388. The molecule has 3 aromatic rings. The van der Waals surface area contributed by atoms with Gasteiger partial charge < -0.3 is 15.0 Å². The molecule has 32 heavy (non-hydrogen) atoms. The zero-order valence-corrected chi connectivity index (χ0v) is 17.9. The van der Waals surface area contributed by atoms with Crippen LogP contribution in [0.4, 0.5) is 16.2 Å². The number of benzene rings is 2. The van der Waals surface area contributed by atoms with Gasteiger partial charge in [-0.1, -0.05) is 11.6 Å². The third-order valence-electron chi connectivity index (χ3n) is 5.00. The van der Waals surface area contributed by atoms with E-state index in [1.165, 1.54) is 11.1 Å². The minimum atomic E-state index is -0.438. The molecule has 2 heterocycles. The van der Waals surface area contributed by atoms with Crippen LogP contribution in [0.2, 0.25) is 5.02 Å². The Balaban J connectivity index is 1.50. The summed E-state index contributed by atoms with van der Waals surface area (Å²) >= 11 is 5.88. The molecule has 9 heteroatoms. The number of anilines is 2. The van der Waals surface area contributed by atoms with Gasteiger partial charge in [-0.05, 0) is 60.2 Å². The lowest BCUT2D eigenvalue weighted by Crippen LogP contribution is -2.33. The number of pyridine rings is 1. The number of amides is 4. The van der Waals surface area contributed by atoms with Crippen molar-refractivity contribution in [3.8, 4) is 5.75 Å². The Morgan fingerprint density at radius 3 is 2.50 bits per heavy atom. The number of nitrogens with one attached hydrogen (secondary N) is 1. The van der Waals surface area contributed by atoms with Crippen LogP contribution < -0.4 is 15.0 Å². The van der Waals surface area contributed by atoms with E-state index in [0.717, 1.165) is 4.90 Å². The fourth-order valence-corrected chi connectivity index (χ4v) is 3.46. The van der Waals surface area contributed by atoms with E-state index in [-0.39, 0.29) is 24.9 Å². The number of carbonyl (C=O) groups excluding carboxylic acids is 3. The van der Waals surface area contributed by atoms with Crippen molar-refractivity contribution >= 4 is 40.8 Å². The molecule has 2 aromatic carbocycles. The quantitative estimate of drug-likeness (QED) is 0.574. The van der Waals surface area contributed by atoms with E-state index in [1.807, 2.05) is 0 Å². The molecule has 8 nitrogen and oxygen atoms in total. The number of carbonyl (C=O) groups is 3. The van der Waals surface area contributed by atoms with Gasteiger partial charge in [0.25, 0.3) is 11.8 Å². The van der Waals surface area contributed by atoms with E-state index >= 15 is 0 Å². The van der Waals surface area contributed by atoms with Gasteiger partial charge in [0.1, 0.15) is 12.3 Å². The maximum absolute atomic E-state index is 12.9. The number of imide groups is 1. The molecule has 0 unspecified atom stereocenters. The molecule has 1 aliphatic rings. The second-order valence-corrected chi connectivity index (χ2v) is 7.50. The highest BCUT2D eigenvalue weighted by Gasteiger charge is 2.37.